The van der Waals surface area contributed by atoms with Gasteiger partial charge in [0.2, 0.25) is 0 Å². The molecular weight excluding hydrogens is 245 g/mol. The first kappa shape index (κ1) is 15.8. The van der Waals surface area contributed by atoms with E-state index in [1.807, 2.05) is 6.92 Å². The Balaban J connectivity index is 4.21. The van der Waals surface area contributed by atoms with E-state index in [0.29, 0.717) is 0 Å². The van der Waals surface area contributed by atoms with Gasteiger partial charge in [-0.05, 0) is 6.04 Å². The van der Waals surface area contributed by atoms with Crippen LogP contribution >= 0.6 is 0 Å². The fraction of sp³-hybridized carbons (Fsp3) is 1.00. The zero-order chi connectivity index (χ0) is 12.7. The van der Waals surface area contributed by atoms with Gasteiger partial charge in [-0.15, -0.1) is 13.2 Å². The minimum Gasteiger partial charge on any atom is -0.416 e. The van der Waals surface area contributed by atoms with Gasteiger partial charge in [-0.3, -0.25) is 0 Å². The van der Waals surface area contributed by atoms with Gasteiger partial charge in [-0.2, -0.15) is 0 Å². The lowest BCUT2D eigenvalue weighted by Gasteiger charge is -2.30. The highest BCUT2D eigenvalue weighted by Crippen LogP contribution is 2.26. The minimum atomic E-state index is -4.83. The van der Waals surface area contributed by atoms with Crippen LogP contribution in [0.15, 0.2) is 0 Å². The van der Waals surface area contributed by atoms with Crippen LogP contribution in [-0.4, -0.2) is 42.9 Å². The number of rotatable bonds is 8. The van der Waals surface area contributed by atoms with Gasteiger partial charge in [0, 0.05) is 14.2 Å². The molecule has 0 atom stereocenters. The first-order valence-corrected chi connectivity index (χ1v) is 6.42. The fourth-order valence-corrected chi connectivity index (χ4v) is 1.82. The van der Waals surface area contributed by atoms with Crippen LogP contribution in [0, 0.1) is 0 Å². The normalized spacial score (nSPS) is 13.9. The van der Waals surface area contributed by atoms with Crippen LogP contribution in [0.2, 0.25) is 6.04 Å². The van der Waals surface area contributed by atoms with Crippen LogP contribution in [0.3, 0.4) is 0 Å². The lowest BCUT2D eigenvalue weighted by molar-refractivity contribution is -0.481. The summed E-state index contributed by atoms with van der Waals surface area (Å²) in [6.45, 7) is 1.59. The summed E-state index contributed by atoms with van der Waals surface area (Å²) < 4.78 is 54.3. The second-order valence-corrected chi connectivity index (χ2v) is 4.57. The summed E-state index contributed by atoms with van der Waals surface area (Å²) in [5.74, 6) is -2.20. The highest BCUT2D eigenvalue weighted by atomic mass is 28.2. The Morgan fingerprint density at radius 1 is 1.12 bits per heavy atom. The molecule has 0 aromatic rings. The van der Waals surface area contributed by atoms with Gasteiger partial charge in [0.05, 0.1) is 0 Å². The van der Waals surface area contributed by atoms with Gasteiger partial charge in [-0.25, -0.2) is 4.74 Å². The smallest absolute Gasteiger partial charge is 0.416 e. The lowest BCUT2D eigenvalue weighted by atomic mass is 10.6. The number of hydrogen-bond acceptors (Lipinski definition) is 4. The van der Waals surface area contributed by atoms with E-state index in [-0.39, 0.29) is 6.61 Å². The molecule has 0 fully saturated rings. The number of halogens is 3. The Morgan fingerprint density at radius 3 is 2.06 bits per heavy atom. The molecule has 4 nitrogen and oxygen atoms in total. The van der Waals surface area contributed by atoms with Crippen LogP contribution in [0.1, 0.15) is 13.3 Å². The summed E-state index contributed by atoms with van der Waals surface area (Å²) in [6.07, 6.45) is -3.89. The Morgan fingerprint density at radius 2 is 1.69 bits per heavy atom. The molecule has 0 amide bonds. The van der Waals surface area contributed by atoms with Crippen molar-refractivity contribution < 1.29 is 31.8 Å². The predicted molar refractivity (Wildman–Crippen MR) is 53.5 cm³/mol. The lowest BCUT2D eigenvalue weighted by Crippen LogP contribution is -2.46. The summed E-state index contributed by atoms with van der Waals surface area (Å²) in [6, 6.07) is 0.884. The molecule has 0 aliphatic heterocycles. The molecule has 0 aromatic heterocycles. The number of ether oxygens (including phenoxy) is 3. The van der Waals surface area contributed by atoms with Crippen molar-refractivity contribution in [3.63, 3.8) is 0 Å². The Kier molecular flexibility index (Phi) is 7.16. The third kappa shape index (κ3) is 6.43. The molecule has 0 saturated carbocycles. The molecule has 0 spiro atoms. The third-order valence-electron chi connectivity index (χ3n) is 1.81. The quantitative estimate of drug-likeness (QED) is 0.376. The van der Waals surface area contributed by atoms with Crippen molar-refractivity contribution in [2.45, 2.75) is 31.7 Å². The van der Waals surface area contributed by atoms with E-state index in [2.05, 4.69) is 14.2 Å². The van der Waals surface area contributed by atoms with Crippen molar-refractivity contribution >= 4 is 9.76 Å². The summed E-state index contributed by atoms with van der Waals surface area (Å²) in [5, 5.41) is 0. The Hall–Kier alpha value is -0.153. The largest absolute Gasteiger partial charge is 0.526 e. The minimum absolute atomic E-state index is 0.383. The second-order valence-electron chi connectivity index (χ2n) is 3.05. The van der Waals surface area contributed by atoms with E-state index in [1.165, 1.54) is 0 Å². The molecule has 0 unspecified atom stereocenters. The molecular formula is C8H17F3O4Si. The molecule has 0 bridgehead atoms. The van der Waals surface area contributed by atoms with Crippen LogP contribution < -0.4 is 0 Å². The fourth-order valence-electron chi connectivity index (χ4n) is 0.934. The summed E-state index contributed by atoms with van der Waals surface area (Å²) >= 11 is 0. The molecule has 8 heteroatoms. The summed E-state index contributed by atoms with van der Waals surface area (Å²) in [4.78, 5) is 0. The molecule has 16 heavy (non-hydrogen) atoms. The maximum Gasteiger partial charge on any atom is 0.526 e. The third-order valence-corrected chi connectivity index (χ3v) is 3.30. The molecule has 0 saturated heterocycles. The highest BCUT2D eigenvalue weighted by molar-refractivity contribution is 6.26. The van der Waals surface area contributed by atoms with Gasteiger partial charge in [-0.1, -0.05) is 13.3 Å². The first-order valence-electron chi connectivity index (χ1n) is 4.84. The second kappa shape index (κ2) is 7.23. The predicted octanol–water partition coefficient (Wildman–Crippen LogP) is 1.40. The van der Waals surface area contributed by atoms with Crippen LogP contribution in [-0.2, 0) is 18.6 Å². The van der Waals surface area contributed by atoms with E-state index in [4.69, 9.17) is 4.43 Å². The van der Waals surface area contributed by atoms with E-state index in [0.717, 1.165) is 26.7 Å². The van der Waals surface area contributed by atoms with Gasteiger partial charge in [0.25, 0.3) is 0 Å². The SMILES string of the molecule is CCC[SiH2]OCC(OC)(OC)OC(F)(F)F. The standard InChI is InChI=1S/C8H17F3O4Si/c1-4-5-16-14-6-7(12-2,13-3)15-8(9,10)11/h4-6,16H2,1-3H3. The van der Waals surface area contributed by atoms with Crippen molar-refractivity contribution in [1.29, 1.82) is 0 Å². The average molecular weight is 262 g/mol. The number of methoxy groups -OCH3 is 2. The van der Waals surface area contributed by atoms with Crippen LogP contribution in [0.5, 0.6) is 0 Å². The zero-order valence-electron chi connectivity index (χ0n) is 9.60. The van der Waals surface area contributed by atoms with Gasteiger partial charge < -0.3 is 13.9 Å². The zero-order valence-corrected chi connectivity index (χ0v) is 11.0. The molecule has 0 rings (SSSR count). The van der Waals surface area contributed by atoms with Crippen molar-refractivity contribution in [1.82, 2.24) is 0 Å². The van der Waals surface area contributed by atoms with E-state index >= 15 is 0 Å². The van der Waals surface area contributed by atoms with Gasteiger partial charge in [0.15, 0.2) is 9.76 Å². The molecule has 0 radical (unpaired) electrons. The molecule has 0 heterocycles. The molecule has 98 valence electrons. The summed E-state index contributed by atoms with van der Waals surface area (Å²) in [7, 11) is 1.29. The maximum atomic E-state index is 12.1. The van der Waals surface area contributed by atoms with Crippen LogP contribution in [0.25, 0.3) is 0 Å². The Bertz CT molecular complexity index is 185. The topological polar surface area (TPSA) is 36.9 Å². The van der Waals surface area contributed by atoms with Crippen LogP contribution in [0.4, 0.5) is 13.2 Å². The first-order chi connectivity index (χ1) is 7.39. The van der Waals surface area contributed by atoms with E-state index in [9.17, 15) is 13.2 Å². The van der Waals surface area contributed by atoms with Crippen molar-refractivity contribution in [3.8, 4) is 0 Å². The number of hydrogen-bond donors (Lipinski definition) is 0. The van der Waals surface area contributed by atoms with Crippen molar-refractivity contribution in [2.24, 2.45) is 0 Å². The van der Waals surface area contributed by atoms with E-state index in [1.54, 1.807) is 0 Å². The van der Waals surface area contributed by atoms with Crippen molar-refractivity contribution in [2.75, 3.05) is 20.8 Å². The summed E-state index contributed by atoms with van der Waals surface area (Å²) in [5.41, 5.74) is 0. The highest BCUT2D eigenvalue weighted by Gasteiger charge is 2.45. The van der Waals surface area contributed by atoms with Gasteiger partial charge >= 0.3 is 12.3 Å². The molecule has 0 N–H and O–H groups in total. The monoisotopic (exact) mass is 262 g/mol. The molecule has 0 aliphatic rings. The van der Waals surface area contributed by atoms with Gasteiger partial charge in [0.1, 0.15) is 6.61 Å². The maximum absolute atomic E-state index is 12.1. The van der Waals surface area contributed by atoms with E-state index < -0.39 is 22.1 Å². The molecule has 0 aromatic carbocycles. The molecule has 0 aliphatic carbocycles. The number of alkyl halides is 3. The van der Waals surface area contributed by atoms with Crippen molar-refractivity contribution in [3.05, 3.63) is 0 Å². The average Bonchev–Trinajstić information content (AvgIpc) is 2.21. The Labute approximate surface area is 94.9 Å².